The molecular weight excluding hydrogens is 542 g/mol. The number of benzene rings is 2. The molecule has 43 heavy (non-hydrogen) atoms. The third kappa shape index (κ3) is 5.31. The van der Waals surface area contributed by atoms with Crippen LogP contribution in [0.3, 0.4) is 0 Å². The van der Waals surface area contributed by atoms with Crippen LogP contribution in [-0.2, 0) is 25.7 Å². The molecule has 0 saturated carbocycles. The summed E-state index contributed by atoms with van der Waals surface area (Å²) >= 11 is 0. The average Bonchev–Trinajstić information content (AvgIpc) is 3.64. The first-order valence-corrected chi connectivity index (χ1v) is 15.1. The van der Waals surface area contributed by atoms with Crippen molar-refractivity contribution in [2.45, 2.75) is 69.5 Å². The van der Waals surface area contributed by atoms with Gasteiger partial charge in [-0.05, 0) is 44.7 Å². The van der Waals surface area contributed by atoms with Crippen molar-refractivity contribution in [2.24, 2.45) is 11.8 Å². The van der Waals surface area contributed by atoms with E-state index < -0.39 is 41.2 Å². The molecule has 228 valence electrons. The Labute approximate surface area is 254 Å². The minimum atomic E-state index is -1.18. The minimum Gasteiger partial charge on any atom is -0.394 e. The van der Waals surface area contributed by atoms with E-state index in [0.29, 0.717) is 31.5 Å². The molecular formula is C35H43N3O5. The van der Waals surface area contributed by atoms with Crippen LogP contribution in [0.2, 0.25) is 0 Å². The van der Waals surface area contributed by atoms with E-state index in [4.69, 9.17) is 4.74 Å². The first-order chi connectivity index (χ1) is 20.6. The summed E-state index contributed by atoms with van der Waals surface area (Å²) < 4.78 is 6.71. The van der Waals surface area contributed by atoms with Crippen LogP contribution in [0.4, 0.5) is 0 Å². The summed E-state index contributed by atoms with van der Waals surface area (Å²) in [5, 5.41) is 10.7. The maximum absolute atomic E-state index is 14.7. The second kappa shape index (κ2) is 12.1. The van der Waals surface area contributed by atoms with Gasteiger partial charge >= 0.3 is 0 Å². The van der Waals surface area contributed by atoms with Gasteiger partial charge in [0.2, 0.25) is 17.7 Å². The van der Waals surface area contributed by atoms with Crippen molar-refractivity contribution in [1.29, 1.82) is 0 Å². The lowest BCUT2D eigenvalue weighted by Crippen LogP contribution is -2.60. The minimum absolute atomic E-state index is 0.180. The van der Waals surface area contributed by atoms with Crippen LogP contribution in [-0.4, -0.2) is 80.5 Å². The van der Waals surface area contributed by atoms with Crippen molar-refractivity contribution >= 4 is 17.7 Å². The Balaban J connectivity index is 1.60. The summed E-state index contributed by atoms with van der Waals surface area (Å²) in [7, 11) is 0. The quantitative estimate of drug-likeness (QED) is 0.401. The number of hydrogen-bond acceptors (Lipinski definition) is 5. The molecule has 0 radical (unpaired) electrons. The summed E-state index contributed by atoms with van der Waals surface area (Å²) in [5.74, 6) is -2.37. The third-order valence-corrected chi connectivity index (χ3v) is 9.22. The Bertz CT molecular complexity index is 1360. The standard InChI is InChI=1S/C35H43N3O5/c1-6-20-36(22-24-14-10-8-11-15-24)31(40)28-27-18-19-35(43-27)29(28)32(41)38(26(23-39)25-16-12-9-13-17-25)30(35)33(42)37(21-7-2)34(3,4)5/h6-17,26-30,39H,1-2,18-23H2,3-5H3/t26-,27-,28+,29+,30?,35?/m1/s1. The van der Waals surface area contributed by atoms with E-state index >= 15 is 0 Å². The molecule has 2 aromatic rings. The number of likely N-dealkylation sites (tertiary alicyclic amines) is 1. The van der Waals surface area contributed by atoms with Crippen molar-refractivity contribution in [3.05, 3.63) is 97.1 Å². The Kier molecular flexibility index (Phi) is 8.63. The Morgan fingerprint density at radius 1 is 1.05 bits per heavy atom. The number of carbonyl (C=O) groups is 3. The monoisotopic (exact) mass is 585 g/mol. The largest absolute Gasteiger partial charge is 0.394 e. The number of fused-ring (bicyclic) bond motifs is 1. The van der Waals surface area contributed by atoms with Crippen molar-refractivity contribution in [1.82, 2.24) is 14.7 Å². The Morgan fingerprint density at radius 3 is 2.26 bits per heavy atom. The zero-order valence-electron chi connectivity index (χ0n) is 25.4. The number of nitrogens with zero attached hydrogens (tertiary/aromatic N) is 3. The third-order valence-electron chi connectivity index (χ3n) is 9.22. The van der Waals surface area contributed by atoms with E-state index in [1.165, 1.54) is 4.90 Å². The number of rotatable bonds is 11. The fourth-order valence-corrected chi connectivity index (χ4v) is 7.39. The van der Waals surface area contributed by atoms with Gasteiger partial charge in [-0.25, -0.2) is 0 Å². The molecule has 6 atom stereocenters. The molecule has 3 amide bonds. The topological polar surface area (TPSA) is 90.4 Å². The molecule has 5 rings (SSSR count). The van der Waals surface area contributed by atoms with E-state index in [9.17, 15) is 19.5 Å². The van der Waals surface area contributed by atoms with Crippen LogP contribution < -0.4 is 0 Å². The van der Waals surface area contributed by atoms with Gasteiger partial charge in [0.15, 0.2) is 0 Å². The van der Waals surface area contributed by atoms with Crippen LogP contribution in [0.15, 0.2) is 86.0 Å². The zero-order valence-corrected chi connectivity index (χ0v) is 25.4. The van der Waals surface area contributed by atoms with Gasteiger partial charge in [0, 0.05) is 25.2 Å². The molecule has 8 heteroatoms. The van der Waals surface area contributed by atoms with E-state index in [1.807, 2.05) is 81.4 Å². The average molecular weight is 586 g/mol. The lowest BCUT2D eigenvalue weighted by molar-refractivity contribution is -0.155. The highest BCUT2D eigenvalue weighted by atomic mass is 16.5. The summed E-state index contributed by atoms with van der Waals surface area (Å²) in [6.07, 6.45) is 3.93. The molecule has 1 spiro atoms. The van der Waals surface area contributed by atoms with Crippen molar-refractivity contribution in [3.63, 3.8) is 0 Å². The molecule has 1 N–H and O–H groups in total. The number of hydrogen-bond donors (Lipinski definition) is 1. The maximum atomic E-state index is 14.7. The fourth-order valence-electron chi connectivity index (χ4n) is 7.39. The van der Waals surface area contributed by atoms with Gasteiger partial charge in [0.05, 0.1) is 30.6 Å². The summed E-state index contributed by atoms with van der Waals surface area (Å²) in [5.41, 5.74) is -0.0659. The highest BCUT2D eigenvalue weighted by Gasteiger charge is 2.75. The molecule has 0 aliphatic carbocycles. The number of amides is 3. The van der Waals surface area contributed by atoms with Crippen LogP contribution in [0.25, 0.3) is 0 Å². The predicted octanol–water partition coefficient (Wildman–Crippen LogP) is 4.12. The van der Waals surface area contributed by atoms with Crippen molar-refractivity contribution in [2.75, 3.05) is 19.7 Å². The Hall–Kier alpha value is -3.75. The van der Waals surface area contributed by atoms with Gasteiger partial charge in [-0.15, -0.1) is 13.2 Å². The van der Waals surface area contributed by atoms with E-state index in [-0.39, 0.29) is 30.9 Å². The van der Waals surface area contributed by atoms with Crippen molar-refractivity contribution < 1.29 is 24.2 Å². The fraction of sp³-hybridized carbons (Fsp3) is 0.457. The molecule has 2 unspecified atom stereocenters. The second-order valence-corrected chi connectivity index (χ2v) is 12.8. The van der Waals surface area contributed by atoms with Crippen LogP contribution in [0.5, 0.6) is 0 Å². The number of aliphatic hydroxyl groups is 1. The molecule has 3 heterocycles. The molecule has 3 aliphatic heterocycles. The number of aliphatic hydroxyl groups excluding tert-OH is 1. The lowest BCUT2D eigenvalue weighted by Gasteiger charge is -2.43. The predicted molar refractivity (Wildman–Crippen MR) is 164 cm³/mol. The molecule has 2 bridgehead atoms. The molecule has 3 fully saturated rings. The van der Waals surface area contributed by atoms with Gasteiger partial charge in [0.1, 0.15) is 11.6 Å². The van der Waals surface area contributed by atoms with Gasteiger partial charge in [-0.2, -0.15) is 0 Å². The van der Waals surface area contributed by atoms with E-state index in [1.54, 1.807) is 22.0 Å². The molecule has 3 aliphatic rings. The number of ether oxygens (including phenoxy) is 1. The first kappa shape index (κ1) is 30.7. The molecule has 8 nitrogen and oxygen atoms in total. The van der Waals surface area contributed by atoms with Crippen LogP contribution in [0, 0.1) is 11.8 Å². The molecule has 2 aromatic carbocycles. The summed E-state index contributed by atoms with van der Waals surface area (Å²) in [6, 6.07) is 17.2. The first-order valence-electron chi connectivity index (χ1n) is 15.1. The second-order valence-electron chi connectivity index (χ2n) is 12.8. The molecule has 3 saturated heterocycles. The van der Waals surface area contributed by atoms with E-state index in [2.05, 4.69) is 13.2 Å². The van der Waals surface area contributed by atoms with Crippen LogP contribution >= 0.6 is 0 Å². The smallest absolute Gasteiger partial charge is 0.249 e. The normalized spacial score (nSPS) is 26.6. The van der Waals surface area contributed by atoms with Gasteiger partial charge in [-0.1, -0.05) is 72.8 Å². The lowest BCUT2D eigenvalue weighted by atomic mass is 9.70. The van der Waals surface area contributed by atoms with Gasteiger partial charge in [-0.3, -0.25) is 14.4 Å². The van der Waals surface area contributed by atoms with Crippen molar-refractivity contribution in [3.8, 4) is 0 Å². The number of carbonyl (C=O) groups excluding carboxylic acids is 3. The highest BCUT2D eigenvalue weighted by molar-refractivity contribution is 5.99. The summed E-state index contributed by atoms with van der Waals surface area (Å²) in [4.78, 5) is 48.7. The van der Waals surface area contributed by atoms with Crippen LogP contribution in [0.1, 0.15) is 50.8 Å². The zero-order chi connectivity index (χ0) is 30.9. The van der Waals surface area contributed by atoms with Gasteiger partial charge < -0.3 is 24.5 Å². The SMILES string of the molecule is C=CCN(Cc1ccccc1)C(=O)[C@@H]1[C@H]2C(=O)N([C@H](CO)c3ccccc3)C(C(=O)N(CC=C)C(C)(C)C)C23CC[C@H]1O3. The van der Waals surface area contributed by atoms with E-state index in [0.717, 1.165) is 5.56 Å². The highest BCUT2D eigenvalue weighted by Crippen LogP contribution is 2.60. The molecule has 0 aromatic heterocycles. The summed E-state index contributed by atoms with van der Waals surface area (Å²) in [6.45, 7) is 14.2. The maximum Gasteiger partial charge on any atom is 0.249 e. The Morgan fingerprint density at radius 2 is 1.67 bits per heavy atom. The van der Waals surface area contributed by atoms with Gasteiger partial charge in [0.25, 0.3) is 0 Å².